The Balaban J connectivity index is 1.35. The van der Waals surface area contributed by atoms with E-state index < -0.39 is 0 Å². The zero-order chi connectivity index (χ0) is 68.6. The monoisotopic (exact) mass is 1280 g/mol. The van der Waals surface area contributed by atoms with Crippen LogP contribution in [0.2, 0.25) is 0 Å². The standard InChI is InChI=1S/C92H88N6/c1-51(2)63-25-33-79-71(41-63)72-42-64(52(3)4)26-34-80(72)95(79)89-87(61-21-17-59(49-93)18-22-61)91(97-83-37-29-67(55(9)10)45-75(83)76-46-68(56(11)12)30-38-84(76)97)92(98-85-39-31-69(57(13)14)47-77(85)78-48-70(58(15)16)32-40-86(78)98)88(62-23-19-60(50-94)20-24-62)90(89)96-81-35-27-65(53(5)6)43-73(81)74-44-66(54(7)8)28-36-82(74)96/h17-48,51-58H,1-16H3. The van der Waals surface area contributed by atoms with Gasteiger partial charge in [-0.15, -0.1) is 0 Å². The molecular weight excluding hydrogens is 1190 g/mol. The first-order valence-electron chi connectivity index (χ1n) is 35.7. The Kier molecular flexibility index (Phi) is 15.8. The van der Waals surface area contributed by atoms with E-state index in [0.29, 0.717) is 11.1 Å². The number of nitriles is 2. The Morgan fingerprint density at radius 3 is 0.500 bits per heavy atom. The van der Waals surface area contributed by atoms with E-state index in [-0.39, 0.29) is 47.3 Å². The summed E-state index contributed by atoms with van der Waals surface area (Å²) in [7, 11) is 0. The van der Waals surface area contributed by atoms with Crippen molar-refractivity contribution in [3.05, 3.63) is 250 Å². The van der Waals surface area contributed by atoms with Crippen molar-refractivity contribution in [2.24, 2.45) is 0 Å². The Labute approximate surface area is 577 Å². The van der Waals surface area contributed by atoms with Gasteiger partial charge in [-0.2, -0.15) is 10.5 Å². The van der Waals surface area contributed by atoms with Gasteiger partial charge in [-0.25, -0.2) is 0 Å². The topological polar surface area (TPSA) is 67.3 Å². The lowest BCUT2D eigenvalue weighted by Crippen LogP contribution is -2.16. The maximum absolute atomic E-state index is 10.9. The van der Waals surface area contributed by atoms with Crippen LogP contribution in [0.15, 0.2) is 194 Å². The third-order valence-electron chi connectivity index (χ3n) is 21.5. The van der Waals surface area contributed by atoms with Gasteiger partial charge in [0, 0.05) is 54.2 Å². The van der Waals surface area contributed by atoms with Gasteiger partial charge in [-0.1, -0.05) is 184 Å². The molecule has 0 amide bonds. The van der Waals surface area contributed by atoms with Gasteiger partial charge in [0.1, 0.15) is 0 Å². The SMILES string of the molecule is CC(C)c1ccc2c(c1)c1cc(C(C)C)ccc1n2-c1c(-c2ccc(C#N)cc2)c(-n2c3ccc(C(C)C)cc3c3cc(C(C)C)ccc32)c(-n2c3ccc(C(C)C)cc3c3cc(C(C)C)ccc32)c(-c2ccc(C#N)cc2)c1-n1c2ccc(C(C)C)cc2c2cc(C(C)C)ccc21. The minimum atomic E-state index is 0.274. The van der Waals surface area contributed by atoms with Crippen molar-refractivity contribution in [2.45, 2.75) is 158 Å². The molecule has 486 valence electrons. The summed E-state index contributed by atoms with van der Waals surface area (Å²) in [6.45, 7) is 36.8. The Bertz CT molecular complexity index is 4900. The molecule has 4 heterocycles. The summed E-state index contributed by atoms with van der Waals surface area (Å²) in [5.74, 6) is 2.19. The highest BCUT2D eigenvalue weighted by Crippen LogP contribution is 2.56. The van der Waals surface area contributed by atoms with E-state index in [1.807, 2.05) is 24.3 Å². The third kappa shape index (κ3) is 10.2. The molecule has 6 nitrogen and oxygen atoms in total. The van der Waals surface area contributed by atoms with Crippen LogP contribution in [-0.4, -0.2) is 18.3 Å². The Hall–Kier alpha value is -10.4. The second-order valence-electron chi connectivity index (χ2n) is 30.3. The highest BCUT2D eigenvalue weighted by atomic mass is 15.1. The minimum absolute atomic E-state index is 0.274. The zero-order valence-corrected chi connectivity index (χ0v) is 59.8. The number of nitrogens with zero attached hydrogens (tertiary/aromatic N) is 6. The molecule has 0 bridgehead atoms. The van der Waals surface area contributed by atoms with Crippen LogP contribution in [0.25, 0.3) is 132 Å². The second kappa shape index (κ2) is 24.3. The molecule has 0 aliphatic carbocycles. The first kappa shape index (κ1) is 63.6. The molecule has 0 spiro atoms. The highest BCUT2D eigenvalue weighted by molar-refractivity contribution is 6.19. The summed E-state index contributed by atoms with van der Waals surface area (Å²) >= 11 is 0. The van der Waals surface area contributed by atoms with Crippen molar-refractivity contribution in [1.82, 2.24) is 18.3 Å². The van der Waals surface area contributed by atoms with Crippen molar-refractivity contribution in [3.8, 4) is 57.1 Å². The smallest absolute Gasteiger partial charge is 0.0991 e. The normalized spacial score (nSPS) is 12.4. The van der Waals surface area contributed by atoms with Gasteiger partial charge >= 0.3 is 0 Å². The van der Waals surface area contributed by atoms with E-state index in [0.717, 1.165) is 89.1 Å². The van der Waals surface area contributed by atoms with Crippen LogP contribution < -0.4 is 0 Å². The van der Waals surface area contributed by atoms with Crippen LogP contribution in [0.1, 0.15) is 214 Å². The largest absolute Gasteiger partial charge is 0.306 e. The molecule has 0 radical (unpaired) electrons. The maximum Gasteiger partial charge on any atom is 0.0991 e. The number of hydrogen-bond donors (Lipinski definition) is 0. The fourth-order valence-electron chi connectivity index (χ4n) is 15.6. The van der Waals surface area contributed by atoms with Crippen molar-refractivity contribution in [2.75, 3.05) is 0 Å². The summed E-state index contributed by atoms with van der Waals surface area (Å²) in [5.41, 5.74) is 27.9. The molecule has 6 heteroatoms. The van der Waals surface area contributed by atoms with Crippen LogP contribution in [-0.2, 0) is 0 Å². The molecule has 98 heavy (non-hydrogen) atoms. The lowest BCUT2D eigenvalue weighted by atomic mass is 9.89. The first-order valence-corrected chi connectivity index (χ1v) is 35.7. The predicted molar refractivity (Wildman–Crippen MR) is 417 cm³/mol. The highest BCUT2D eigenvalue weighted by Gasteiger charge is 2.36. The molecule has 0 aliphatic rings. The molecule has 0 N–H and O–H groups in total. The molecule has 0 unspecified atom stereocenters. The van der Waals surface area contributed by atoms with Gasteiger partial charge in [0.2, 0.25) is 0 Å². The van der Waals surface area contributed by atoms with Crippen molar-refractivity contribution < 1.29 is 0 Å². The van der Waals surface area contributed by atoms with Gasteiger partial charge in [-0.05, 0) is 224 Å². The van der Waals surface area contributed by atoms with E-state index in [9.17, 15) is 10.5 Å². The summed E-state index contributed by atoms with van der Waals surface area (Å²) < 4.78 is 10.5. The molecule has 0 aliphatic heterocycles. The summed E-state index contributed by atoms with van der Waals surface area (Å²) in [6, 6.07) is 79.7. The quantitative estimate of drug-likeness (QED) is 0.109. The predicted octanol–water partition coefficient (Wildman–Crippen LogP) is 26.1. The van der Waals surface area contributed by atoms with E-state index in [1.165, 1.54) is 87.6 Å². The molecule has 0 fully saturated rings. The Morgan fingerprint density at radius 2 is 0.367 bits per heavy atom. The lowest BCUT2D eigenvalue weighted by molar-refractivity contribution is 0.868. The van der Waals surface area contributed by atoms with Crippen LogP contribution in [0.3, 0.4) is 0 Å². The molecule has 4 aromatic heterocycles. The van der Waals surface area contributed by atoms with E-state index in [2.05, 4.69) is 311 Å². The molecule has 0 saturated carbocycles. The number of rotatable bonds is 14. The molecule has 0 atom stereocenters. The van der Waals surface area contributed by atoms with Crippen molar-refractivity contribution in [3.63, 3.8) is 0 Å². The third-order valence-corrected chi connectivity index (χ3v) is 21.5. The zero-order valence-electron chi connectivity index (χ0n) is 59.8. The molecule has 15 rings (SSSR count). The lowest BCUT2D eigenvalue weighted by Gasteiger charge is -2.31. The summed E-state index contributed by atoms with van der Waals surface area (Å²) in [5, 5.41) is 31.3. The first-order chi connectivity index (χ1) is 47.1. The molecule has 0 saturated heterocycles. The second-order valence-corrected chi connectivity index (χ2v) is 30.3. The van der Waals surface area contributed by atoms with Gasteiger partial charge in [0.05, 0.1) is 90.1 Å². The van der Waals surface area contributed by atoms with Crippen LogP contribution in [0.4, 0.5) is 0 Å². The van der Waals surface area contributed by atoms with Crippen molar-refractivity contribution >= 4 is 87.2 Å². The van der Waals surface area contributed by atoms with Crippen LogP contribution in [0.5, 0.6) is 0 Å². The number of fused-ring (bicyclic) bond motifs is 12. The fourth-order valence-corrected chi connectivity index (χ4v) is 15.6. The van der Waals surface area contributed by atoms with Crippen molar-refractivity contribution in [1.29, 1.82) is 10.5 Å². The fraction of sp³-hybridized carbons (Fsp3) is 0.261. The number of hydrogen-bond acceptors (Lipinski definition) is 2. The van der Waals surface area contributed by atoms with Gasteiger partial charge in [-0.3, -0.25) is 0 Å². The molecular formula is C92H88N6. The Morgan fingerprint density at radius 1 is 0.214 bits per heavy atom. The van der Waals surface area contributed by atoms with E-state index in [4.69, 9.17) is 0 Å². The van der Waals surface area contributed by atoms with Crippen LogP contribution >= 0.6 is 0 Å². The van der Waals surface area contributed by atoms with Gasteiger partial charge in [0.25, 0.3) is 0 Å². The maximum atomic E-state index is 10.9. The molecule has 15 aromatic rings. The number of aromatic nitrogens is 4. The van der Waals surface area contributed by atoms with Gasteiger partial charge in [0.15, 0.2) is 0 Å². The summed E-state index contributed by atoms with van der Waals surface area (Å²) in [4.78, 5) is 0. The molecule has 11 aromatic carbocycles. The van der Waals surface area contributed by atoms with Gasteiger partial charge < -0.3 is 18.3 Å². The van der Waals surface area contributed by atoms with E-state index in [1.54, 1.807) is 0 Å². The van der Waals surface area contributed by atoms with E-state index >= 15 is 0 Å². The van der Waals surface area contributed by atoms with Crippen LogP contribution in [0, 0.1) is 22.7 Å². The average Bonchev–Trinajstić information content (AvgIpc) is 1.44. The minimum Gasteiger partial charge on any atom is -0.306 e. The number of benzene rings is 11. The average molecular weight is 1280 g/mol. The summed E-state index contributed by atoms with van der Waals surface area (Å²) in [6.07, 6.45) is 0.